The maximum Gasteiger partial charge on any atom is 0.114 e. The highest BCUT2D eigenvalue weighted by atomic mass is 32.1. The third-order valence-corrected chi connectivity index (χ3v) is 3.62. The number of thiophene rings is 1. The molecule has 6 heteroatoms. The summed E-state index contributed by atoms with van der Waals surface area (Å²) in [7, 11) is 0. The van der Waals surface area contributed by atoms with Crippen LogP contribution in [0.2, 0.25) is 0 Å². The van der Waals surface area contributed by atoms with E-state index in [-0.39, 0.29) is 6.54 Å². The van der Waals surface area contributed by atoms with Gasteiger partial charge in [0.2, 0.25) is 0 Å². The van der Waals surface area contributed by atoms with Crippen LogP contribution in [0.5, 0.6) is 0 Å². The van der Waals surface area contributed by atoms with Gasteiger partial charge in [0.15, 0.2) is 0 Å². The molecular weight excluding hydrogens is 238 g/mol. The molecule has 2 unspecified atom stereocenters. The van der Waals surface area contributed by atoms with Crippen LogP contribution in [0.25, 0.3) is 20.5 Å². The lowest BCUT2D eigenvalue weighted by molar-refractivity contribution is 0.0267. The highest BCUT2D eigenvalue weighted by Gasteiger charge is 2.19. The molecule has 0 radical (unpaired) electrons. The summed E-state index contributed by atoms with van der Waals surface area (Å²) < 4.78 is 1.05. The summed E-state index contributed by atoms with van der Waals surface area (Å²) in [5, 5.41) is 23.8. The summed E-state index contributed by atoms with van der Waals surface area (Å²) in [4.78, 5) is 3.22. The number of fused-ring (bicyclic) bond motifs is 1. The van der Waals surface area contributed by atoms with Gasteiger partial charge in [0.25, 0.3) is 0 Å². The Morgan fingerprint density at radius 1 is 1.35 bits per heavy atom. The largest absolute Gasteiger partial charge is 0.390 e. The third-order valence-electron chi connectivity index (χ3n) is 2.43. The molecule has 0 saturated heterocycles. The molecule has 0 aliphatic carbocycles. The van der Waals surface area contributed by atoms with E-state index in [1.807, 2.05) is 30.3 Å². The van der Waals surface area contributed by atoms with Crippen molar-refractivity contribution in [2.45, 2.75) is 12.2 Å². The van der Waals surface area contributed by atoms with Gasteiger partial charge in [-0.3, -0.25) is 0 Å². The van der Waals surface area contributed by atoms with Gasteiger partial charge < -0.3 is 10.2 Å². The number of aliphatic hydroxyl groups excluding tert-OH is 2. The molecule has 88 valence electrons. The predicted octanol–water partition coefficient (Wildman–Crippen LogP) is 2.61. The second kappa shape index (κ2) is 5.16. The first-order chi connectivity index (χ1) is 8.22. The van der Waals surface area contributed by atoms with Crippen LogP contribution in [0.3, 0.4) is 0 Å². The van der Waals surface area contributed by atoms with Crippen LogP contribution in [-0.4, -0.2) is 22.9 Å². The summed E-state index contributed by atoms with van der Waals surface area (Å²) in [5.41, 5.74) is 8.15. The third kappa shape index (κ3) is 2.57. The number of rotatable bonds is 4. The van der Waals surface area contributed by atoms with Crippen molar-refractivity contribution < 1.29 is 10.2 Å². The van der Waals surface area contributed by atoms with E-state index in [0.717, 1.165) is 10.1 Å². The molecule has 1 aromatic heterocycles. The van der Waals surface area contributed by atoms with Crippen molar-refractivity contribution in [3.05, 3.63) is 45.7 Å². The lowest BCUT2D eigenvalue weighted by atomic mass is 10.1. The van der Waals surface area contributed by atoms with Gasteiger partial charge in [-0.2, -0.15) is 0 Å². The molecule has 5 nitrogen and oxygen atoms in total. The van der Waals surface area contributed by atoms with Crippen LogP contribution in [0.1, 0.15) is 11.0 Å². The smallest absolute Gasteiger partial charge is 0.114 e. The zero-order valence-electron chi connectivity index (χ0n) is 8.89. The average Bonchev–Trinajstić information content (AvgIpc) is 2.78. The Hall–Kier alpha value is -1.59. The molecule has 0 spiro atoms. The Morgan fingerprint density at radius 2 is 2.12 bits per heavy atom. The van der Waals surface area contributed by atoms with E-state index in [2.05, 4.69) is 10.0 Å². The topological polar surface area (TPSA) is 89.2 Å². The second-order valence-corrected chi connectivity index (χ2v) is 4.73. The lowest BCUT2D eigenvalue weighted by Gasteiger charge is -2.13. The van der Waals surface area contributed by atoms with Gasteiger partial charge in [0.05, 0.1) is 12.6 Å². The van der Waals surface area contributed by atoms with Crippen molar-refractivity contribution in [3.8, 4) is 0 Å². The zero-order valence-corrected chi connectivity index (χ0v) is 9.71. The van der Waals surface area contributed by atoms with Gasteiger partial charge >= 0.3 is 0 Å². The van der Waals surface area contributed by atoms with Gasteiger partial charge in [0.1, 0.15) is 6.10 Å². The quantitative estimate of drug-likeness (QED) is 0.495. The molecule has 2 rings (SSSR count). The van der Waals surface area contributed by atoms with Gasteiger partial charge in [0, 0.05) is 14.5 Å². The lowest BCUT2D eigenvalue weighted by Crippen LogP contribution is -2.20. The maximum atomic E-state index is 9.89. The van der Waals surface area contributed by atoms with Crippen molar-refractivity contribution in [1.29, 1.82) is 0 Å². The first-order valence-electron chi connectivity index (χ1n) is 5.08. The normalized spacial score (nSPS) is 14.2. The standard InChI is InChI=1S/C11H11N3O2S/c12-14-13-6-8(15)11(16)10-5-7-3-1-2-4-9(7)17-10/h1-5,8,11,15-16H,6H2. The van der Waals surface area contributed by atoms with E-state index in [1.165, 1.54) is 11.3 Å². The number of hydrogen-bond donors (Lipinski definition) is 2. The molecule has 17 heavy (non-hydrogen) atoms. The molecule has 1 aromatic carbocycles. The monoisotopic (exact) mass is 249 g/mol. The molecule has 0 aliphatic heterocycles. The second-order valence-electron chi connectivity index (χ2n) is 3.61. The zero-order chi connectivity index (χ0) is 12.3. The van der Waals surface area contributed by atoms with Crippen LogP contribution in [-0.2, 0) is 0 Å². The maximum absolute atomic E-state index is 9.89. The fourth-order valence-electron chi connectivity index (χ4n) is 1.56. The van der Waals surface area contributed by atoms with Crippen LogP contribution in [0.15, 0.2) is 35.4 Å². The number of benzene rings is 1. The van der Waals surface area contributed by atoms with E-state index < -0.39 is 12.2 Å². The van der Waals surface area contributed by atoms with Gasteiger partial charge in [-0.05, 0) is 23.1 Å². The Morgan fingerprint density at radius 3 is 2.82 bits per heavy atom. The minimum absolute atomic E-state index is 0.133. The van der Waals surface area contributed by atoms with E-state index >= 15 is 0 Å². The summed E-state index contributed by atoms with van der Waals surface area (Å²) in [6, 6.07) is 9.58. The minimum atomic E-state index is -1.07. The minimum Gasteiger partial charge on any atom is -0.390 e. The van der Waals surface area contributed by atoms with E-state index in [0.29, 0.717) is 4.88 Å². The first-order valence-corrected chi connectivity index (χ1v) is 5.89. The molecule has 0 bridgehead atoms. The molecule has 2 aromatic rings. The Kier molecular flexibility index (Phi) is 3.61. The van der Waals surface area contributed by atoms with E-state index in [9.17, 15) is 10.2 Å². The van der Waals surface area contributed by atoms with Gasteiger partial charge in [-0.1, -0.05) is 23.3 Å². The highest BCUT2D eigenvalue weighted by molar-refractivity contribution is 7.19. The Bertz CT molecular complexity index is 530. The molecule has 0 saturated carbocycles. The predicted molar refractivity (Wildman–Crippen MR) is 66.8 cm³/mol. The molecule has 0 amide bonds. The molecule has 0 aliphatic rings. The van der Waals surface area contributed by atoms with Gasteiger partial charge in [-0.25, -0.2) is 0 Å². The molecule has 2 atom stereocenters. The number of hydrogen-bond acceptors (Lipinski definition) is 4. The van der Waals surface area contributed by atoms with Crippen molar-refractivity contribution in [2.75, 3.05) is 6.54 Å². The number of azide groups is 1. The van der Waals surface area contributed by atoms with Crippen LogP contribution < -0.4 is 0 Å². The fraction of sp³-hybridized carbons (Fsp3) is 0.273. The van der Waals surface area contributed by atoms with Crippen LogP contribution in [0.4, 0.5) is 0 Å². The summed E-state index contributed by atoms with van der Waals surface area (Å²) in [6.45, 7) is -0.133. The fourth-order valence-corrected chi connectivity index (χ4v) is 2.67. The van der Waals surface area contributed by atoms with Crippen molar-refractivity contribution >= 4 is 21.4 Å². The molecule has 0 fully saturated rings. The SMILES string of the molecule is [N-]=[N+]=NCC(O)C(O)c1cc2ccccc2s1. The Balaban J connectivity index is 2.23. The van der Waals surface area contributed by atoms with Crippen molar-refractivity contribution in [2.24, 2.45) is 5.11 Å². The summed E-state index contributed by atoms with van der Waals surface area (Å²) >= 11 is 1.42. The average molecular weight is 249 g/mol. The summed E-state index contributed by atoms with van der Waals surface area (Å²) in [5.74, 6) is 0. The van der Waals surface area contributed by atoms with Gasteiger partial charge in [-0.15, -0.1) is 11.3 Å². The van der Waals surface area contributed by atoms with Crippen LogP contribution in [0, 0.1) is 0 Å². The number of nitrogens with zero attached hydrogens (tertiary/aromatic N) is 3. The molecular formula is C11H11N3O2S. The first kappa shape index (κ1) is 11.9. The number of aliphatic hydroxyl groups is 2. The van der Waals surface area contributed by atoms with E-state index in [1.54, 1.807) is 0 Å². The van der Waals surface area contributed by atoms with Crippen molar-refractivity contribution in [1.82, 2.24) is 0 Å². The highest BCUT2D eigenvalue weighted by Crippen LogP contribution is 2.31. The van der Waals surface area contributed by atoms with Crippen molar-refractivity contribution in [3.63, 3.8) is 0 Å². The van der Waals surface area contributed by atoms with E-state index in [4.69, 9.17) is 5.53 Å². The molecule has 2 N–H and O–H groups in total. The summed E-state index contributed by atoms with van der Waals surface area (Å²) in [6.07, 6.45) is -2.09. The van der Waals surface area contributed by atoms with Crippen LogP contribution >= 0.6 is 11.3 Å². The Labute approximate surface area is 102 Å². The molecule has 1 heterocycles.